The molecule has 0 amide bonds. The minimum Gasteiger partial charge on any atom is -0.507 e. The molecular weight excluding hydrogens is 446 g/mol. The number of carbonyl (C=O) groups excluding carboxylic acids is 4. The van der Waals surface area contributed by atoms with Gasteiger partial charge in [0.15, 0.2) is 0 Å². The Hall–Kier alpha value is -3.14. The van der Waals surface area contributed by atoms with Crippen LogP contribution in [-0.4, -0.2) is 77.4 Å². The molecule has 186 valence electrons. The maximum Gasteiger partial charge on any atom is 0.354 e. The lowest BCUT2D eigenvalue weighted by molar-refractivity contribution is -0.198. The van der Waals surface area contributed by atoms with E-state index in [1.54, 1.807) is 12.1 Å². The molecule has 0 saturated carbocycles. The Morgan fingerprint density at radius 1 is 1.12 bits per heavy atom. The topological polar surface area (TPSA) is 129 Å². The molecule has 3 rings (SSSR count). The molecule has 0 spiro atoms. The number of esters is 4. The lowest BCUT2D eigenvalue weighted by Gasteiger charge is -2.32. The lowest BCUT2D eigenvalue weighted by atomic mass is 9.96. The number of aromatic hydroxyl groups is 1. The Balaban J connectivity index is 1.66. The van der Waals surface area contributed by atoms with Gasteiger partial charge in [-0.25, -0.2) is 9.59 Å². The molecule has 5 atom stereocenters. The van der Waals surface area contributed by atoms with Gasteiger partial charge < -0.3 is 24.1 Å². The number of ether oxygens (including phenoxy) is 4. The number of phenolic OH excluding ortho intramolecular Hbond substituents is 1. The maximum absolute atomic E-state index is 12.9. The Morgan fingerprint density at radius 3 is 2.44 bits per heavy atom. The van der Waals surface area contributed by atoms with Crippen LogP contribution in [0.1, 0.15) is 50.9 Å². The molecule has 0 radical (unpaired) electrons. The average molecular weight is 478 g/mol. The first kappa shape index (κ1) is 25.5. The second-order valence-corrected chi connectivity index (χ2v) is 8.88. The van der Waals surface area contributed by atoms with Crippen LogP contribution in [0.4, 0.5) is 0 Å². The van der Waals surface area contributed by atoms with Crippen LogP contribution in [-0.2, 0) is 33.3 Å². The van der Waals surface area contributed by atoms with Gasteiger partial charge in [0.2, 0.25) is 5.60 Å². The number of carbonyl (C=O) groups is 4. The Kier molecular flexibility index (Phi) is 7.81. The molecule has 34 heavy (non-hydrogen) atoms. The summed E-state index contributed by atoms with van der Waals surface area (Å²) in [6.07, 6.45) is -0.117. The summed E-state index contributed by atoms with van der Waals surface area (Å²) >= 11 is 0. The van der Waals surface area contributed by atoms with Crippen LogP contribution < -0.4 is 0 Å². The first-order valence-electron chi connectivity index (χ1n) is 11.3. The molecule has 1 aromatic carbocycles. The smallest absolute Gasteiger partial charge is 0.354 e. The molecular formula is C24H31NO9. The molecule has 1 unspecified atom stereocenters. The number of benzene rings is 1. The molecule has 2 heterocycles. The Bertz CT molecular complexity index is 948. The van der Waals surface area contributed by atoms with Crippen molar-refractivity contribution in [2.24, 2.45) is 5.92 Å². The second kappa shape index (κ2) is 10.4. The highest BCUT2D eigenvalue weighted by Crippen LogP contribution is 2.36. The zero-order valence-corrected chi connectivity index (χ0v) is 19.8. The highest BCUT2D eigenvalue weighted by molar-refractivity contribution is 5.92. The molecule has 1 aromatic rings. The number of rotatable bonds is 8. The molecule has 0 bridgehead atoms. The second-order valence-electron chi connectivity index (χ2n) is 8.88. The van der Waals surface area contributed by atoms with E-state index in [1.807, 2.05) is 0 Å². The lowest BCUT2D eigenvalue weighted by Crippen LogP contribution is -2.52. The van der Waals surface area contributed by atoms with E-state index in [1.165, 1.54) is 32.9 Å². The van der Waals surface area contributed by atoms with Crippen molar-refractivity contribution >= 4 is 23.9 Å². The number of nitrogens with zero attached hydrogens (tertiary/aromatic N) is 1. The summed E-state index contributed by atoms with van der Waals surface area (Å²) in [7, 11) is 0. The van der Waals surface area contributed by atoms with Crippen LogP contribution in [0, 0.1) is 5.92 Å². The van der Waals surface area contributed by atoms with E-state index < -0.39 is 41.7 Å². The molecule has 2 fully saturated rings. The van der Waals surface area contributed by atoms with Crippen LogP contribution in [0.25, 0.3) is 0 Å². The third-order valence-corrected chi connectivity index (χ3v) is 6.46. The van der Waals surface area contributed by atoms with Gasteiger partial charge >= 0.3 is 23.9 Å². The van der Waals surface area contributed by atoms with E-state index >= 15 is 0 Å². The van der Waals surface area contributed by atoms with Gasteiger partial charge in [0.1, 0.15) is 23.5 Å². The van der Waals surface area contributed by atoms with Crippen LogP contribution in [0.5, 0.6) is 5.75 Å². The van der Waals surface area contributed by atoms with E-state index in [0.717, 1.165) is 26.4 Å². The Morgan fingerprint density at radius 2 is 1.79 bits per heavy atom. The first-order chi connectivity index (χ1) is 16.0. The molecule has 0 aromatic heterocycles. The predicted molar refractivity (Wildman–Crippen MR) is 118 cm³/mol. The summed E-state index contributed by atoms with van der Waals surface area (Å²) in [5.41, 5.74) is -1.71. The third-order valence-electron chi connectivity index (χ3n) is 6.46. The van der Waals surface area contributed by atoms with Gasteiger partial charge in [-0.2, -0.15) is 0 Å². The van der Waals surface area contributed by atoms with Gasteiger partial charge in [0.25, 0.3) is 0 Å². The zero-order chi connectivity index (χ0) is 25.0. The van der Waals surface area contributed by atoms with E-state index in [2.05, 4.69) is 4.90 Å². The quantitative estimate of drug-likeness (QED) is 0.437. The molecule has 10 nitrogen and oxygen atoms in total. The van der Waals surface area contributed by atoms with E-state index in [-0.39, 0.29) is 29.9 Å². The van der Waals surface area contributed by atoms with E-state index in [0.29, 0.717) is 6.42 Å². The van der Waals surface area contributed by atoms with Gasteiger partial charge in [-0.15, -0.1) is 0 Å². The van der Waals surface area contributed by atoms with Crippen LogP contribution in [0.2, 0.25) is 0 Å². The highest BCUT2D eigenvalue weighted by atomic mass is 16.6. The number of hydrogen-bond acceptors (Lipinski definition) is 10. The molecule has 1 N–H and O–H groups in total. The number of para-hydroxylation sites is 1. The normalized spacial score (nSPS) is 24.4. The van der Waals surface area contributed by atoms with Gasteiger partial charge in [-0.05, 0) is 45.4 Å². The average Bonchev–Trinajstić information content (AvgIpc) is 3.34. The SMILES string of the molecule is CC(=O)O[C@@H](C)[C@](C)(OC(C)=O)C(=O)OC[C@H]1CCN2CC[C@@H](OC(=O)c3ccccc3O)C12. The van der Waals surface area contributed by atoms with Crippen molar-refractivity contribution in [2.75, 3.05) is 19.7 Å². The minimum atomic E-state index is -1.80. The molecule has 10 heteroatoms. The maximum atomic E-state index is 12.9. The zero-order valence-electron chi connectivity index (χ0n) is 19.8. The predicted octanol–water partition coefficient (Wildman–Crippen LogP) is 1.83. The molecule has 2 aliphatic heterocycles. The minimum absolute atomic E-state index is 0.0221. The van der Waals surface area contributed by atoms with Crippen molar-refractivity contribution in [2.45, 2.75) is 64.4 Å². The van der Waals surface area contributed by atoms with Crippen LogP contribution in [0.15, 0.2) is 24.3 Å². The fraction of sp³-hybridized carbons (Fsp3) is 0.583. The Labute approximate surface area is 198 Å². The molecule has 2 saturated heterocycles. The van der Waals surface area contributed by atoms with Gasteiger partial charge in [-0.3, -0.25) is 14.5 Å². The molecule has 0 aliphatic carbocycles. The number of phenols is 1. The fourth-order valence-corrected chi connectivity index (χ4v) is 4.65. The summed E-state index contributed by atoms with van der Waals surface area (Å²) in [6.45, 7) is 6.67. The number of fused-ring (bicyclic) bond motifs is 1. The summed E-state index contributed by atoms with van der Waals surface area (Å²) in [6, 6.07) is 6.04. The standard InChI is InChI=1S/C24H31NO9/c1-14(32-15(2)26)24(4,34-16(3)27)23(30)31-13-17-9-11-25-12-10-20(21(17)25)33-22(29)18-7-5-6-8-19(18)28/h5-8,14,17,20-21,28H,9-13H2,1-4H3/t14-,17+,20+,21?,24-/m0/s1. The molecule has 2 aliphatic rings. The van der Waals surface area contributed by atoms with Crippen molar-refractivity contribution < 1.29 is 43.2 Å². The summed E-state index contributed by atoms with van der Waals surface area (Å²) in [5, 5.41) is 9.94. The van der Waals surface area contributed by atoms with Crippen LogP contribution in [0.3, 0.4) is 0 Å². The largest absolute Gasteiger partial charge is 0.507 e. The van der Waals surface area contributed by atoms with Gasteiger partial charge in [-0.1, -0.05) is 12.1 Å². The van der Waals surface area contributed by atoms with Gasteiger partial charge in [0, 0.05) is 26.3 Å². The van der Waals surface area contributed by atoms with Crippen molar-refractivity contribution in [3.05, 3.63) is 29.8 Å². The summed E-state index contributed by atoms with van der Waals surface area (Å²) in [5.74, 6) is -3.02. The van der Waals surface area contributed by atoms with Gasteiger partial charge in [0.05, 0.1) is 12.6 Å². The summed E-state index contributed by atoms with van der Waals surface area (Å²) in [4.78, 5) is 50.7. The third kappa shape index (κ3) is 5.49. The van der Waals surface area contributed by atoms with Crippen molar-refractivity contribution in [3.8, 4) is 5.75 Å². The van der Waals surface area contributed by atoms with E-state index in [9.17, 15) is 24.3 Å². The fourth-order valence-electron chi connectivity index (χ4n) is 4.65. The number of hydrogen-bond donors (Lipinski definition) is 1. The highest BCUT2D eigenvalue weighted by Gasteiger charge is 2.49. The first-order valence-corrected chi connectivity index (χ1v) is 11.3. The van der Waals surface area contributed by atoms with Crippen molar-refractivity contribution in [1.29, 1.82) is 0 Å². The monoisotopic (exact) mass is 477 g/mol. The van der Waals surface area contributed by atoms with E-state index in [4.69, 9.17) is 18.9 Å². The van der Waals surface area contributed by atoms with Crippen molar-refractivity contribution in [1.82, 2.24) is 4.90 Å². The van der Waals surface area contributed by atoms with Crippen molar-refractivity contribution in [3.63, 3.8) is 0 Å². The summed E-state index contributed by atoms with van der Waals surface area (Å²) < 4.78 is 21.6. The van der Waals surface area contributed by atoms with Crippen LogP contribution >= 0.6 is 0 Å².